The second kappa shape index (κ2) is 10.2. The normalized spacial score (nSPS) is 11.1. The highest BCUT2D eigenvalue weighted by Crippen LogP contribution is 2.27. The summed E-state index contributed by atoms with van der Waals surface area (Å²) < 4.78 is 3.71. The molecule has 0 amide bonds. The van der Waals surface area contributed by atoms with Crippen LogP contribution < -0.4 is 0 Å². The highest BCUT2D eigenvalue weighted by atomic mass is 16.3. The van der Waals surface area contributed by atoms with E-state index < -0.39 is 0 Å². The second-order valence-electron chi connectivity index (χ2n) is 7.29. The standard InChI is InChI=1S/2C12H13N3O/c2*1-9-3-4-11(16)10(7-9)14-8-12-13-5-6-15(12)2/h2*3-8,16H,1-2H3. The van der Waals surface area contributed by atoms with E-state index in [-0.39, 0.29) is 11.5 Å². The number of benzene rings is 2. The van der Waals surface area contributed by atoms with Crippen molar-refractivity contribution in [2.45, 2.75) is 13.8 Å². The van der Waals surface area contributed by atoms with Gasteiger partial charge in [-0.15, -0.1) is 0 Å². The molecule has 164 valence electrons. The summed E-state index contributed by atoms with van der Waals surface area (Å²) in [4.78, 5) is 16.7. The third-order valence-corrected chi connectivity index (χ3v) is 4.62. The minimum Gasteiger partial charge on any atom is -0.506 e. The van der Waals surface area contributed by atoms with Crippen LogP contribution in [0.25, 0.3) is 0 Å². The molecule has 0 fully saturated rings. The first-order chi connectivity index (χ1) is 15.3. The number of aryl methyl sites for hydroxylation is 4. The first-order valence-corrected chi connectivity index (χ1v) is 9.95. The SMILES string of the molecule is Cc1ccc(O)c(N=Cc2nccn2C)c1.Cc1ccc(O)c(N=Cc2nccn2C)c1. The van der Waals surface area contributed by atoms with Gasteiger partial charge >= 0.3 is 0 Å². The monoisotopic (exact) mass is 430 g/mol. The molecule has 2 N–H and O–H groups in total. The fraction of sp³-hybridized carbons (Fsp3) is 0.167. The molecule has 0 spiro atoms. The number of aliphatic imine (C=N–C) groups is 2. The Morgan fingerprint density at radius 3 is 1.47 bits per heavy atom. The number of aromatic nitrogens is 4. The number of hydrogen-bond donors (Lipinski definition) is 2. The topological polar surface area (TPSA) is 101 Å². The predicted molar refractivity (Wildman–Crippen MR) is 127 cm³/mol. The zero-order chi connectivity index (χ0) is 23.1. The number of hydrogen-bond acceptors (Lipinski definition) is 6. The highest BCUT2D eigenvalue weighted by Gasteiger charge is 2.00. The van der Waals surface area contributed by atoms with Crippen LogP contribution in [-0.4, -0.2) is 41.7 Å². The molecule has 0 radical (unpaired) electrons. The van der Waals surface area contributed by atoms with E-state index in [0.717, 1.165) is 22.8 Å². The van der Waals surface area contributed by atoms with Gasteiger partial charge in [-0.05, 0) is 49.2 Å². The number of imidazole rings is 2. The fourth-order valence-corrected chi connectivity index (χ4v) is 2.73. The van der Waals surface area contributed by atoms with Gasteiger partial charge in [0.1, 0.15) is 22.9 Å². The summed E-state index contributed by atoms with van der Waals surface area (Å²) >= 11 is 0. The van der Waals surface area contributed by atoms with Crippen LogP contribution >= 0.6 is 0 Å². The maximum absolute atomic E-state index is 9.59. The smallest absolute Gasteiger partial charge is 0.150 e. The van der Waals surface area contributed by atoms with Crippen molar-refractivity contribution in [1.29, 1.82) is 0 Å². The number of rotatable bonds is 4. The lowest BCUT2D eigenvalue weighted by molar-refractivity contribution is 0.476. The summed E-state index contributed by atoms with van der Waals surface area (Å²) in [5.74, 6) is 1.86. The minimum absolute atomic E-state index is 0.177. The molecule has 8 heteroatoms. The lowest BCUT2D eigenvalue weighted by atomic mass is 10.2. The average molecular weight is 431 g/mol. The molecule has 0 atom stereocenters. The highest BCUT2D eigenvalue weighted by molar-refractivity contribution is 5.79. The zero-order valence-electron chi connectivity index (χ0n) is 18.5. The van der Waals surface area contributed by atoms with Crippen LogP contribution in [0, 0.1) is 13.8 Å². The van der Waals surface area contributed by atoms with Crippen molar-refractivity contribution in [1.82, 2.24) is 19.1 Å². The number of phenolic OH excluding ortho intramolecular Hbond substituents is 2. The van der Waals surface area contributed by atoms with Gasteiger partial charge in [0.15, 0.2) is 11.6 Å². The van der Waals surface area contributed by atoms with E-state index in [0.29, 0.717) is 11.4 Å². The predicted octanol–water partition coefficient (Wildman–Crippen LogP) is 4.37. The van der Waals surface area contributed by atoms with E-state index in [1.54, 1.807) is 37.0 Å². The van der Waals surface area contributed by atoms with Crippen LogP contribution in [0.1, 0.15) is 22.8 Å². The van der Waals surface area contributed by atoms with E-state index in [4.69, 9.17) is 0 Å². The van der Waals surface area contributed by atoms with Crippen molar-refractivity contribution in [2.24, 2.45) is 24.1 Å². The van der Waals surface area contributed by atoms with Gasteiger partial charge in [-0.1, -0.05) is 12.1 Å². The molecule has 0 saturated carbocycles. The van der Waals surface area contributed by atoms with Gasteiger partial charge in [0.2, 0.25) is 0 Å². The fourth-order valence-electron chi connectivity index (χ4n) is 2.73. The van der Waals surface area contributed by atoms with Gasteiger partial charge < -0.3 is 19.3 Å². The molecular weight excluding hydrogens is 404 g/mol. The van der Waals surface area contributed by atoms with Crippen LogP contribution in [0.5, 0.6) is 11.5 Å². The molecular formula is C24H26N6O2. The van der Waals surface area contributed by atoms with Crippen LogP contribution in [0.15, 0.2) is 71.2 Å². The van der Waals surface area contributed by atoms with Crippen molar-refractivity contribution in [3.05, 3.63) is 84.0 Å². The van der Waals surface area contributed by atoms with E-state index in [1.165, 1.54) is 0 Å². The van der Waals surface area contributed by atoms with E-state index in [2.05, 4.69) is 20.0 Å². The molecule has 8 nitrogen and oxygen atoms in total. The van der Waals surface area contributed by atoms with Crippen LogP contribution in [0.3, 0.4) is 0 Å². The van der Waals surface area contributed by atoms with Gasteiger partial charge in [-0.2, -0.15) is 0 Å². The molecule has 0 aliphatic carbocycles. The van der Waals surface area contributed by atoms with Crippen molar-refractivity contribution in [2.75, 3.05) is 0 Å². The largest absolute Gasteiger partial charge is 0.506 e. The van der Waals surface area contributed by atoms with Gasteiger partial charge in [0.05, 0.1) is 12.4 Å². The first-order valence-electron chi connectivity index (χ1n) is 9.95. The molecule has 2 heterocycles. The van der Waals surface area contributed by atoms with E-state index in [9.17, 15) is 10.2 Å². The van der Waals surface area contributed by atoms with Crippen molar-refractivity contribution >= 4 is 23.8 Å². The maximum Gasteiger partial charge on any atom is 0.150 e. The third-order valence-electron chi connectivity index (χ3n) is 4.62. The van der Waals surface area contributed by atoms with Gasteiger partial charge in [0, 0.05) is 38.9 Å². The molecule has 2 aromatic carbocycles. The van der Waals surface area contributed by atoms with Gasteiger partial charge in [0.25, 0.3) is 0 Å². The van der Waals surface area contributed by atoms with E-state index >= 15 is 0 Å². The van der Waals surface area contributed by atoms with Crippen molar-refractivity contribution < 1.29 is 10.2 Å². The quantitative estimate of drug-likeness (QED) is 0.470. The minimum atomic E-state index is 0.177. The van der Waals surface area contributed by atoms with Gasteiger partial charge in [-0.3, -0.25) is 0 Å². The number of nitrogens with zero attached hydrogens (tertiary/aromatic N) is 6. The molecule has 0 unspecified atom stereocenters. The summed E-state index contributed by atoms with van der Waals surface area (Å²) in [6.07, 6.45) is 10.4. The molecule has 0 aliphatic heterocycles. The molecule has 4 aromatic rings. The van der Waals surface area contributed by atoms with E-state index in [1.807, 2.05) is 73.7 Å². The van der Waals surface area contributed by atoms with Crippen LogP contribution in [0.2, 0.25) is 0 Å². The molecule has 32 heavy (non-hydrogen) atoms. The summed E-state index contributed by atoms with van der Waals surface area (Å²) in [5.41, 5.74) is 3.24. The maximum atomic E-state index is 9.59. The van der Waals surface area contributed by atoms with Crippen LogP contribution in [-0.2, 0) is 14.1 Å². The Hall–Kier alpha value is -4.20. The number of phenols is 2. The van der Waals surface area contributed by atoms with Crippen molar-refractivity contribution in [3.63, 3.8) is 0 Å². The Morgan fingerprint density at radius 1 is 0.719 bits per heavy atom. The Bertz CT molecular complexity index is 1160. The number of aromatic hydroxyl groups is 2. The summed E-state index contributed by atoms with van der Waals surface area (Å²) in [5, 5.41) is 19.2. The summed E-state index contributed by atoms with van der Waals surface area (Å²) in [6.45, 7) is 3.92. The molecule has 0 bridgehead atoms. The summed E-state index contributed by atoms with van der Waals surface area (Å²) in [7, 11) is 3.79. The summed E-state index contributed by atoms with van der Waals surface area (Å²) in [6, 6.07) is 10.6. The molecule has 0 aliphatic rings. The Morgan fingerprint density at radius 2 is 1.12 bits per heavy atom. The average Bonchev–Trinajstić information content (AvgIpc) is 3.37. The van der Waals surface area contributed by atoms with Crippen LogP contribution in [0.4, 0.5) is 11.4 Å². The molecule has 0 saturated heterocycles. The van der Waals surface area contributed by atoms with Gasteiger partial charge in [-0.25, -0.2) is 20.0 Å². The molecule has 2 aromatic heterocycles. The Kier molecular flexibility index (Phi) is 7.17. The third kappa shape index (κ3) is 5.91. The lowest BCUT2D eigenvalue weighted by Gasteiger charge is -1.99. The van der Waals surface area contributed by atoms with Crippen molar-refractivity contribution in [3.8, 4) is 11.5 Å². The second-order valence-corrected chi connectivity index (χ2v) is 7.29. The lowest BCUT2D eigenvalue weighted by Crippen LogP contribution is -1.94. The Balaban J connectivity index is 0.000000181. The first kappa shape index (κ1) is 22.5. The Labute approximate surface area is 186 Å². The zero-order valence-corrected chi connectivity index (χ0v) is 18.5. The molecule has 4 rings (SSSR count).